The van der Waals surface area contributed by atoms with Gasteiger partial charge >= 0.3 is 5.84 Å². The molecule has 0 aliphatic carbocycles. The number of fused-ring (bicyclic) bond motifs is 1. The molecule has 0 unspecified atom stereocenters. The quantitative estimate of drug-likeness (QED) is 0.618. The maximum Gasteiger partial charge on any atom is 0.306 e. The monoisotopic (exact) mass is 258 g/mol. The molecule has 1 aromatic carbocycles. The van der Waals surface area contributed by atoms with Gasteiger partial charge in [0.2, 0.25) is 0 Å². The van der Waals surface area contributed by atoms with E-state index in [4.69, 9.17) is 4.42 Å². The molecule has 3 heteroatoms. The number of hydrogen-bond donors (Lipinski definition) is 0. The van der Waals surface area contributed by atoms with Crippen LogP contribution in [0.3, 0.4) is 0 Å². The fourth-order valence-electron chi connectivity index (χ4n) is 1.77. The molecular weight excluding hydrogens is 236 g/mol. The highest BCUT2D eigenvalue weighted by Gasteiger charge is 2.11. The van der Waals surface area contributed by atoms with Gasteiger partial charge in [0.25, 0.3) is 0 Å². The summed E-state index contributed by atoms with van der Waals surface area (Å²) in [6, 6.07) is 10.1. The topological polar surface area (TPSA) is 30.4 Å². The Morgan fingerprint density at radius 1 is 1.00 bits per heavy atom. The summed E-state index contributed by atoms with van der Waals surface area (Å²) in [6.07, 6.45) is 3.52. The van der Waals surface area contributed by atoms with Crippen LogP contribution in [0.15, 0.2) is 47.2 Å². The number of benzene rings is 1. The molecule has 19 heavy (non-hydrogen) atoms. The molecule has 0 amide bonds. The second-order valence-corrected chi connectivity index (χ2v) is 3.47. The number of oxazole rings is 1. The first kappa shape index (κ1) is 15.0. The Hall–Kier alpha value is -2.03. The molecule has 0 N–H and O–H groups in total. The van der Waals surface area contributed by atoms with E-state index in [9.17, 15) is 0 Å². The highest BCUT2D eigenvalue weighted by molar-refractivity contribution is 5.64. The molecule has 0 saturated carbocycles. The van der Waals surface area contributed by atoms with Crippen LogP contribution in [0.1, 0.15) is 33.4 Å². The van der Waals surface area contributed by atoms with Crippen LogP contribution in [0.2, 0.25) is 0 Å². The molecule has 2 heterocycles. The first-order chi connectivity index (χ1) is 9.36. The molecule has 0 radical (unpaired) electrons. The zero-order valence-electron chi connectivity index (χ0n) is 12.3. The summed E-state index contributed by atoms with van der Waals surface area (Å²) in [7, 11) is 0. The Morgan fingerprint density at radius 2 is 1.63 bits per heavy atom. The zero-order valence-corrected chi connectivity index (χ0v) is 12.3. The summed E-state index contributed by atoms with van der Waals surface area (Å²) in [4.78, 5) is 4.44. The van der Waals surface area contributed by atoms with Crippen molar-refractivity contribution in [2.24, 2.45) is 0 Å². The van der Waals surface area contributed by atoms with E-state index >= 15 is 0 Å². The van der Waals surface area contributed by atoms with Crippen molar-refractivity contribution in [1.82, 2.24) is 9.38 Å². The zero-order chi connectivity index (χ0) is 14.3. The minimum Gasteiger partial charge on any atom is -0.432 e. The molecule has 3 rings (SSSR count). The van der Waals surface area contributed by atoms with Gasteiger partial charge in [0.05, 0.1) is 11.4 Å². The Labute approximate surface area is 114 Å². The summed E-state index contributed by atoms with van der Waals surface area (Å²) in [5.41, 5.74) is 3.20. The standard InChI is InChI=1S/C12H10N2O.2C2H6/c1-9-11(10-5-3-2-4-6-10)13-12-14(9)7-8-15-12;2*1-2/h2-8H,1H3;2*1-2H3. The lowest BCUT2D eigenvalue weighted by molar-refractivity contribution is 0.596. The van der Waals surface area contributed by atoms with Gasteiger partial charge < -0.3 is 4.42 Å². The highest BCUT2D eigenvalue weighted by atomic mass is 16.3. The molecule has 0 atom stereocenters. The summed E-state index contributed by atoms with van der Waals surface area (Å²) in [6.45, 7) is 10.0. The summed E-state index contributed by atoms with van der Waals surface area (Å²) in [5, 5.41) is 0. The lowest BCUT2D eigenvalue weighted by Gasteiger charge is -1.97. The van der Waals surface area contributed by atoms with Gasteiger partial charge in [-0.2, -0.15) is 4.98 Å². The summed E-state index contributed by atoms with van der Waals surface area (Å²) < 4.78 is 7.20. The third-order valence-electron chi connectivity index (χ3n) is 2.55. The molecule has 0 bridgehead atoms. The van der Waals surface area contributed by atoms with Gasteiger partial charge in [-0.1, -0.05) is 58.0 Å². The number of aromatic nitrogens is 2. The fraction of sp³-hybridized carbons (Fsp3) is 0.312. The molecule has 2 aromatic heterocycles. The molecular formula is C16H22N2O. The van der Waals surface area contributed by atoms with Crippen LogP contribution in [-0.4, -0.2) is 9.38 Å². The Bertz CT molecular complexity index is 594. The molecule has 3 aromatic rings. The van der Waals surface area contributed by atoms with Crippen molar-refractivity contribution in [2.75, 3.05) is 0 Å². The summed E-state index contributed by atoms with van der Waals surface area (Å²) in [5.74, 6) is 0.645. The molecule has 0 spiro atoms. The van der Waals surface area contributed by atoms with Crippen LogP contribution in [-0.2, 0) is 0 Å². The van der Waals surface area contributed by atoms with Crippen molar-refractivity contribution in [3.63, 3.8) is 0 Å². The van der Waals surface area contributed by atoms with Crippen LogP contribution in [0.5, 0.6) is 0 Å². The largest absolute Gasteiger partial charge is 0.432 e. The third-order valence-corrected chi connectivity index (χ3v) is 2.55. The number of imidazole rings is 1. The average molecular weight is 258 g/mol. The van der Waals surface area contributed by atoms with E-state index < -0.39 is 0 Å². The molecule has 0 aliphatic heterocycles. The van der Waals surface area contributed by atoms with Gasteiger partial charge in [0.15, 0.2) is 0 Å². The second kappa shape index (κ2) is 7.41. The number of nitrogens with zero attached hydrogens (tertiary/aromatic N) is 2. The van der Waals surface area contributed by atoms with Crippen molar-refractivity contribution in [1.29, 1.82) is 0 Å². The summed E-state index contributed by atoms with van der Waals surface area (Å²) >= 11 is 0. The van der Waals surface area contributed by atoms with Crippen molar-refractivity contribution < 1.29 is 4.42 Å². The van der Waals surface area contributed by atoms with Gasteiger partial charge in [-0.05, 0) is 6.92 Å². The van der Waals surface area contributed by atoms with Crippen LogP contribution >= 0.6 is 0 Å². The van der Waals surface area contributed by atoms with E-state index in [2.05, 4.69) is 17.1 Å². The van der Waals surface area contributed by atoms with E-state index in [0.717, 1.165) is 17.0 Å². The van der Waals surface area contributed by atoms with Gasteiger partial charge in [0.1, 0.15) is 6.26 Å². The predicted molar refractivity (Wildman–Crippen MR) is 80.3 cm³/mol. The van der Waals surface area contributed by atoms with Crippen LogP contribution in [0.4, 0.5) is 0 Å². The van der Waals surface area contributed by atoms with E-state index in [1.807, 2.05) is 63.4 Å². The smallest absolute Gasteiger partial charge is 0.306 e. The van der Waals surface area contributed by atoms with E-state index in [-0.39, 0.29) is 0 Å². The third kappa shape index (κ3) is 3.05. The number of hydrogen-bond acceptors (Lipinski definition) is 2. The van der Waals surface area contributed by atoms with Gasteiger partial charge in [-0.15, -0.1) is 0 Å². The SMILES string of the molecule is CC.CC.Cc1c(-c2ccccc2)nc2occn12. The Morgan fingerprint density at radius 3 is 2.21 bits per heavy atom. The van der Waals surface area contributed by atoms with Gasteiger partial charge in [0, 0.05) is 11.8 Å². The van der Waals surface area contributed by atoms with Crippen LogP contribution in [0.25, 0.3) is 17.1 Å². The highest BCUT2D eigenvalue weighted by Crippen LogP contribution is 2.23. The van der Waals surface area contributed by atoms with Crippen LogP contribution in [0, 0.1) is 6.92 Å². The van der Waals surface area contributed by atoms with Crippen molar-refractivity contribution in [3.8, 4) is 11.3 Å². The Kier molecular flexibility index (Phi) is 5.86. The fourth-order valence-corrected chi connectivity index (χ4v) is 1.77. The van der Waals surface area contributed by atoms with E-state index in [1.54, 1.807) is 6.26 Å². The maximum absolute atomic E-state index is 5.25. The lowest BCUT2D eigenvalue weighted by Crippen LogP contribution is -1.83. The predicted octanol–water partition coefficient (Wildman–Crippen LogP) is 4.96. The van der Waals surface area contributed by atoms with E-state index in [0.29, 0.717) is 5.84 Å². The van der Waals surface area contributed by atoms with Gasteiger partial charge in [-0.25, -0.2) is 0 Å². The number of rotatable bonds is 1. The van der Waals surface area contributed by atoms with Crippen molar-refractivity contribution >= 4 is 5.84 Å². The first-order valence-corrected chi connectivity index (χ1v) is 6.84. The Balaban J connectivity index is 0.000000415. The molecule has 102 valence electrons. The van der Waals surface area contributed by atoms with Crippen LogP contribution < -0.4 is 0 Å². The maximum atomic E-state index is 5.25. The molecule has 0 saturated heterocycles. The normalized spacial score (nSPS) is 9.32. The minimum absolute atomic E-state index is 0.645. The van der Waals surface area contributed by atoms with E-state index in [1.165, 1.54) is 0 Å². The van der Waals surface area contributed by atoms with Gasteiger partial charge in [-0.3, -0.25) is 4.40 Å². The average Bonchev–Trinajstić information content (AvgIpc) is 3.08. The molecule has 3 nitrogen and oxygen atoms in total. The minimum atomic E-state index is 0.645. The van der Waals surface area contributed by atoms with Crippen molar-refractivity contribution in [2.45, 2.75) is 34.6 Å². The second-order valence-electron chi connectivity index (χ2n) is 3.47. The lowest BCUT2D eigenvalue weighted by atomic mass is 10.1. The van der Waals surface area contributed by atoms with Crippen molar-refractivity contribution in [3.05, 3.63) is 48.5 Å². The molecule has 0 aliphatic rings. The first-order valence-electron chi connectivity index (χ1n) is 6.84. The number of aryl methyl sites for hydroxylation is 1. The molecule has 0 fully saturated rings.